The molecular formula is C52H98O6. The first kappa shape index (κ1) is 56.1. The SMILES string of the molecule is CCCC/C=C\CCCCCCC(=O)OCC(COC(=O)CCCCCCCCCCCCCCCCCCC)OC(=O)CCCCCCCCCCCCCCC. The number of unbranched alkanes of at least 4 members (excludes halogenated alkanes) is 34. The summed E-state index contributed by atoms with van der Waals surface area (Å²) in [5.74, 6) is -0.867. The largest absolute Gasteiger partial charge is 0.462 e. The first-order valence-corrected chi connectivity index (χ1v) is 25.7. The first-order chi connectivity index (χ1) is 28.5. The number of esters is 3. The predicted octanol–water partition coefficient (Wildman–Crippen LogP) is 16.6. The topological polar surface area (TPSA) is 78.9 Å². The highest BCUT2D eigenvalue weighted by Gasteiger charge is 2.19. The zero-order chi connectivity index (χ0) is 42.3. The number of hydrogen-bond donors (Lipinski definition) is 0. The van der Waals surface area contributed by atoms with Gasteiger partial charge < -0.3 is 14.2 Å². The van der Waals surface area contributed by atoms with E-state index in [-0.39, 0.29) is 31.1 Å². The van der Waals surface area contributed by atoms with Crippen LogP contribution in [-0.4, -0.2) is 37.2 Å². The van der Waals surface area contributed by atoms with Crippen LogP contribution >= 0.6 is 0 Å². The lowest BCUT2D eigenvalue weighted by Crippen LogP contribution is -2.30. The van der Waals surface area contributed by atoms with Crippen molar-refractivity contribution < 1.29 is 28.6 Å². The highest BCUT2D eigenvalue weighted by molar-refractivity contribution is 5.71. The number of rotatable bonds is 47. The number of carbonyl (C=O) groups excluding carboxylic acids is 3. The molecule has 0 aliphatic heterocycles. The van der Waals surface area contributed by atoms with Crippen LogP contribution in [0.5, 0.6) is 0 Å². The molecule has 0 N–H and O–H groups in total. The summed E-state index contributed by atoms with van der Waals surface area (Å²) >= 11 is 0. The van der Waals surface area contributed by atoms with Crippen molar-refractivity contribution in [2.24, 2.45) is 0 Å². The van der Waals surface area contributed by atoms with E-state index in [4.69, 9.17) is 14.2 Å². The van der Waals surface area contributed by atoms with Gasteiger partial charge in [0.05, 0.1) is 0 Å². The van der Waals surface area contributed by atoms with Crippen molar-refractivity contribution in [1.29, 1.82) is 0 Å². The van der Waals surface area contributed by atoms with Crippen molar-refractivity contribution in [3.63, 3.8) is 0 Å². The predicted molar refractivity (Wildman–Crippen MR) is 247 cm³/mol. The average molecular weight is 819 g/mol. The van der Waals surface area contributed by atoms with Crippen LogP contribution in [0.1, 0.15) is 284 Å². The first-order valence-electron chi connectivity index (χ1n) is 25.7. The van der Waals surface area contributed by atoms with Crippen LogP contribution in [0, 0.1) is 0 Å². The lowest BCUT2D eigenvalue weighted by Gasteiger charge is -2.18. The van der Waals surface area contributed by atoms with Crippen LogP contribution in [0.15, 0.2) is 12.2 Å². The van der Waals surface area contributed by atoms with Crippen LogP contribution < -0.4 is 0 Å². The molecule has 0 spiro atoms. The molecule has 0 radical (unpaired) electrons. The minimum atomic E-state index is -0.766. The Labute approximate surface area is 360 Å². The van der Waals surface area contributed by atoms with E-state index in [2.05, 4.69) is 32.9 Å². The summed E-state index contributed by atoms with van der Waals surface area (Å²) in [5, 5.41) is 0. The monoisotopic (exact) mass is 819 g/mol. The quantitative estimate of drug-likeness (QED) is 0.0263. The van der Waals surface area contributed by atoms with E-state index in [1.807, 2.05) is 0 Å². The molecule has 58 heavy (non-hydrogen) atoms. The van der Waals surface area contributed by atoms with Gasteiger partial charge in [0.1, 0.15) is 13.2 Å². The molecule has 0 saturated heterocycles. The number of ether oxygens (including phenoxy) is 3. The van der Waals surface area contributed by atoms with Crippen LogP contribution in [0.2, 0.25) is 0 Å². The van der Waals surface area contributed by atoms with Crippen molar-refractivity contribution >= 4 is 17.9 Å². The van der Waals surface area contributed by atoms with Crippen molar-refractivity contribution in [3.05, 3.63) is 12.2 Å². The van der Waals surface area contributed by atoms with Gasteiger partial charge in [-0.15, -0.1) is 0 Å². The highest BCUT2D eigenvalue weighted by atomic mass is 16.6. The maximum Gasteiger partial charge on any atom is 0.306 e. The second-order valence-corrected chi connectivity index (χ2v) is 17.4. The van der Waals surface area contributed by atoms with Gasteiger partial charge in [0.25, 0.3) is 0 Å². The van der Waals surface area contributed by atoms with Gasteiger partial charge in [0.2, 0.25) is 0 Å². The van der Waals surface area contributed by atoms with Gasteiger partial charge in [-0.25, -0.2) is 0 Å². The molecule has 0 fully saturated rings. The third kappa shape index (κ3) is 45.2. The van der Waals surface area contributed by atoms with Crippen molar-refractivity contribution in [3.8, 4) is 0 Å². The zero-order valence-corrected chi connectivity index (χ0v) is 39.1. The fourth-order valence-corrected chi connectivity index (χ4v) is 7.60. The molecule has 0 rings (SSSR count). The third-order valence-electron chi connectivity index (χ3n) is 11.5. The Morgan fingerprint density at radius 1 is 0.328 bits per heavy atom. The molecule has 1 unspecified atom stereocenters. The minimum absolute atomic E-state index is 0.0683. The standard InChI is InChI=1S/C52H98O6/c1-4-7-10-13-16-19-22-24-25-26-27-29-30-33-36-39-42-45-51(54)57-48-49(47-56-50(53)44-41-38-35-32-21-18-15-12-9-6-3)58-52(55)46-43-40-37-34-31-28-23-20-17-14-11-8-5-2/h15,18,49H,4-14,16-17,19-48H2,1-3H3/b18-15-. The molecule has 0 saturated carbocycles. The molecule has 0 aliphatic carbocycles. The lowest BCUT2D eigenvalue weighted by molar-refractivity contribution is -0.167. The highest BCUT2D eigenvalue weighted by Crippen LogP contribution is 2.16. The van der Waals surface area contributed by atoms with Gasteiger partial charge in [0, 0.05) is 19.3 Å². The van der Waals surface area contributed by atoms with Crippen molar-refractivity contribution in [2.75, 3.05) is 13.2 Å². The summed E-state index contributed by atoms with van der Waals surface area (Å²) < 4.78 is 16.8. The number of hydrogen-bond acceptors (Lipinski definition) is 6. The van der Waals surface area contributed by atoms with Crippen LogP contribution in [0.25, 0.3) is 0 Å². The zero-order valence-electron chi connectivity index (χ0n) is 39.1. The van der Waals surface area contributed by atoms with Crippen LogP contribution in [-0.2, 0) is 28.6 Å². The molecule has 342 valence electrons. The minimum Gasteiger partial charge on any atom is -0.462 e. The fourth-order valence-electron chi connectivity index (χ4n) is 7.60. The van der Waals surface area contributed by atoms with Crippen LogP contribution in [0.4, 0.5) is 0 Å². The van der Waals surface area contributed by atoms with E-state index < -0.39 is 6.10 Å². The van der Waals surface area contributed by atoms with E-state index in [1.165, 1.54) is 167 Å². The smallest absolute Gasteiger partial charge is 0.306 e. The van der Waals surface area contributed by atoms with E-state index in [9.17, 15) is 14.4 Å². The summed E-state index contributed by atoms with van der Waals surface area (Å²) in [7, 11) is 0. The van der Waals surface area contributed by atoms with E-state index >= 15 is 0 Å². The Balaban J connectivity index is 4.28. The number of carbonyl (C=O) groups is 3. The van der Waals surface area contributed by atoms with Gasteiger partial charge in [-0.05, 0) is 38.5 Å². The lowest BCUT2D eigenvalue weighted by atomic mass is 10.0. The van der Waals surface area contributed by atoms with Crippen molar-refractivity contribution in [1.82, 2.24) is 0 Å². The molecule has 0 amide bonds. The number of allylic oxidation sites excluding steroid dienone is 2. The van der Waals surface area contributed by atoms with Gasteiger partial charge in [-0.2, -0.15) is 0 Å². The van der Waals surface area contributed by atoms with Gasteiger partial charge >= 0.3 is 17.9 Å². The maximum absolute atomic E-state index is 12.8. The Bertz CT molecular complexity index is 900. The van der Waals surface area contributed by atoms with Crippen LogP contribution in [0.3, 0.4) is 0 Å². The molecule has 0 aliphatic rings. The molecular weight excluding hydrogens is 721 g/mol. The maximum atomic E-state index is 12.8. The van der Waals surface area contributed by atoms with Gasteiger partial charge in [-0.3, -0.25) is 14.4 Å². The second kappa shape index (κ2) is 47.8. The Kier molecular flexibility index (Phi) is 46.3. The van der Waals surface area contributed by atoms with E-state index in [1.54, 1.807) is 0 Å². The Hall–Kier alpha value is -1.85. The van der Waals surface area contributed by atoms with Gasteiger partial charge in [0.15, 0.2) is 6.10 Å². The van der Waals surface area contributed by atoms with Gasteiger partial charge in [-0.1, -0.05) is 238 Å². The third-order valence-corrected chi connectivity index (χ3v) is 11.5. The Morgan fingerprint density at radius 2 is 0.586 bits per heavy atom. The Morgan fingerprint density at radius 3 is 0.914 bits per heavy atom. The molecule has 1 atom stereocenters. The summed E-state index contributed by atoms with van der Waals surface area (Å²) in [6.45, 7) is 6.62. The molecule has 0 aromatic heterocycles. The summed E-state index contributed by atoms with van der Waals surface area (Å²) in [5.41, 5.74) is 0. The molecule has 0 aromatic carbocycles. The average Bonchev–Trinajstić information content (AvgIpc) is 3.22. The normalized spacial score (nSPS) is 12.0. The molecule has 0 aromatic rings. The van der Waals surface area contributed by atoms with E-state index in [0.29, 0.717) is 19.3 Å². The molecule has 0 bridgehead atoms. The summed E-state index contributed by atoms with van der Waals surface area (Å²) in [6.07, 6.45) is 52.0. The molecule has 6 heteroatoms. The van der Waals surface area contributed by atoms with E-state index in [0.717, 1.165) is 77.0 Å². The summed E-state index contributed by atoms with van der Waals surface area (Å²) in [4.78, 5) is 37.9. The fraction of sp³-hybridized carbons (Fsp3) is 0.904. The van der Waals surface area contributed by atoms with Crippen molar-refractivity contribution in [2.45, 2.75) is 290 Å². The molecule has 6 nitrogen and oxygen atoms in total. The summed E-state index contributed by atoms with van der Waals surface area (Å²) in [6, 6.07) is 0. The molecule has 0 heterocycles. The second-order valence-electron chi connectivity index (χ2n) is 17.4.